The van der Waals surface area contributed by atoms with Crippen LogP contribution in [-0.4, -0.2) is 36.7 Å². The van der Waals surface area contributed by atoms with Crippen LogP contribution < -0.4 is 5.32 Å². The smallest absolute Gasteiger partial charge is 0.162 e. The maximum Gasteiger partial charge on any atom is 0.162 e. The molecule has 1 aliphatic rings. The summed E-state index contributed by atoms with van der Waals surface area (Å²) in [7, 11) is 1.84. The van der Waals surface area contributed by atoms with E-state index in [4.69, 9.17) is 5.21 Å². The van der Waals surface area contributed by atoms with Gasteiger partial charge in [0.2, 0.25) is 0 Å². The summed E-state index contributed by atoms with van der Waals surface area (Å²) in [4.78, 5) is 0. The Hall–Kier alpha value is -0.120. The molecule has 1 aliphatic heterocycles. The Bertz CT molecular complexity index is 70.1. The van der Waals surface area contributed by atoms with Gasteiger partial charge in [-0.05, 0) is 7.05 Å². The molecule has 0 aromatic carbocycles. The van der Waals surface area contributed by atoms with Crippen molar-refractivity contribution in [3.05, 3.63) is 0 Å². The molecule has 0 aromatic heterocycles. The van der Waals surface area contributed by atoms with Gasteiger partial charge in [0.15, 0.2) is 19.8 Å². The van der Waals surface area contributed by atoms with E-state index in [9.17, 15) is 0 Å². The molecule has 0 aliphatic carbocycles. The topological polar surface area (TPSA) is 32.3 Å². The van der Waals surface area contributed by atoms with E-state index in [1.807, 2.05) is 7.05 Å². The average Bonchev–Trinajstić information content (AvgIpc) is 2.22. The normalized spacial score (nSPS) is 24.9. The summed E-state index contributed by atoms with van der Waals surface area (Å²) in [6.45, 7) is 2.53. The Morgan fingerprint density at radius 1 is 1.71 bits per heavy atom. The zero-order valence-corrected chi connectivity index (χ0v) is 4.52. The van der Waals surface area contributed by atoms with Crippen LogP contribution in [0.25, 0.3) is 0 Å². The molecule has 1 fully saturated rings. The first-order valence-electron chi connectivity index (χ1n) is 2.50. The molecule has 7 heavy (non-hydrogen) atoms. The first kappa shape index (κ1) is 5.03. The molecule has 0 aromatic rings. The highest BCUT2D eigenvalue weighted by Gasteiger charge is 2.40. The van der Waals surface area contributed by atoms with Gasteiger partial charge in [0, 0.05) is 0 Å². The largest absolute Gasteiger partial charge is 0.271 e. The molecule has 42 valence electrons. The molecule has 3 nitrogen and oxygen atoms in total. The van der Waals surface area contributed by atoms with Crippen molar-refractivity contribution in [2.24, 2.45) is 0 Å². The molecule has 0 atom stereocenters. The van der Waals surface area contributed by atoms with Crippen LogP contribution >= 0.6 is 0 Å². The standard InChI is InChI=1S/C4H11N2O/c1-5-4-6(7)2-3-6/h5,7H,2-4H2,1H3/q+1. The molecule has 1 saturated heterocycles. The van der Waals surface area contributed by atoms with E-state index in [2.05, 4.69) is 5.32 Å². The van der Waals surface area contributed by atoms with Gasteiger partial charge >= 0.3 is 0 Å². The third-order valence-electron chi connectivity index (χ3n) is 1.19. The first-order chi connectivity index (χ1) is 3.27. The fourth-order valence-corrected chi connectivity index (χ4v) is 0.568. The van der Waals surface area contributed by atoms with Crippen molar-refractivity contribution in [1.82, 2.24) is 5.32 Å². The van der Waals surface area contributed by atoms with E-state index >= 15 is 0 Å². The van der Waals surface area contributed by atoms with Crippen LogP contribution in [0.4, 0.5) is 0 Å². The molecule has 3 heteroatoms. The van der Waals surface area contributed by atoms with Crippen LogP contribution in [0.3, 0.4) is 0 Å². The molecule has 0 radical (unpaired) electrons. The lowest BCUT2D eigenvalue weighted by Crippen LogP contribution is -2.31. The second-order valence-electron chi connectivity index (χ2n) is 2.05. The van der Waals surface area contributed by atoms with Crippen molar-refractivity contribution >= 4 is 0 Å². The summed E-state index contributed by atoms with van der Waals surface area (Å²) in [5.74, 6) is 0. The van der Waals surface area contributed by atoms with Crippen LogP contribution in [0.15, 0.2) is 0 Å². The highest BCUT2D eigenvalue weighted by molar-refractivity contribution is 4.43. The van der Waals surface area contributed by atoms with Gasteiger partial charge < -0.3 is 0 Å². The van der Waals surface area contributed by atoms with Crippen molar-refractivity contribution < 1.29 is 9.85 Å². The zero-order chi connectivity index (χ0) is 5.33. The van der Waals surface area contributed by atoms with E-state index in [1.165, 1.54) is 0 Å². The summed E-state index contributed by atoms with van der Waals surface area (Å²) in [6, 6.07) is 0. The summed E-state index contributed by atoms with van der Waals surface area (Å²) >= 11 is 0. The third kappa shape index (κ3) is 1.12. The SMILES string of the molecule is CNC[N+]1(O)CC1. The molecule has 0 bridgehead atoms. The van der Waals surface area contributed by atoms with Gasteiger partial charge in [0.1, 0.15) is 0 Å². The Balaban J connectivity index is 2.13. The van der Waals surface area contributed by atoms with Crippen molar-refractivity contribution in [2.45, 2.75) is 0 Å². The van der Waals surface area contributed by atoms with Gasteiger partial charge in [0.25, 0.3) is 0 Å². The Kier molecular flexibility index (Phi) is 1.03. The van der Waals surface area contributed by atoms with E-state index in [0.29, 0.717) is 6.67 Å². The maximum absolute atomic E-state index is 9.00. The van der Waals surface area contributed by atoms with E-state index < -0.39 is 0 Å². The Morgan fingerprint density at radius 3 is 2.43 bits per heavy atom. The van der Waals surface area contributed by atoms with Gasteiger partial charge in [-0.1, -0.05) is 0 Å². The third-order valence-corrected chi connectivity index (χ3v) is 1.19. The predicted molar refractivity (Wildman–Crippen MR) is 25.7 cm³/mol. The van der Waals surface area contributed by atoms with Crippen molar-refractivity contribution in [1.29, 1.82) is 0 Å². The van der Waals surface area contributed by atoms with E-state index in [-0.39, 0.29) is 4.65 Å². The number of nitrogens with one attached hydrogen (secondary N) is 1. The number of hydrogen-bond donors (Lipinski definition) is 2. The second-order valence-corrected chi connectivity index (χ2v) is 2.05. The van der Waals surface area contributed by atoms with Crippen molar-refractivity contribution in [3.63, 3.8) is 0 Å². The fourth-order valence-electron chi connectivity index (χ4n) is 0.568. The number of quaternary nitrogens is 1. The van der Waals surface area contributed by atoms with Crippen molar-refractivity contribution in [3.8, 4) is 0 Å². The summed E-state index contributed by atoms with van der Waals surface area (Å²) in [6.07, 6.45) is 0. The minimum atomic E-state index is 0.233. The lowest BCUT2D eigenvalue weighted by atomic mass is 11.0. The molecular formula is C4H11N2O+. The minimum Gasteiger partial charge on any atom is -0.271 e. The average molecular weight is 103 g/mol. The van der Waals surface area contributed by atoms with Crippen LogP contribution in [-0.2, 0) is 0 Å². The van der Waals surface area contributed by atoms with Crippen LogP contribution in [0.2, 0.25) is 0 Å². The van der Waals surface area contributed by atoms with Crippen molar-refractivity contribution in [2.75, 3.05) is 26.8 Å². The molecule has 0 unspecified atom stereocenters. The van der Waals surface area contributed by atoms with Gasteiger partial charge in [-0.25, -0.2) is 5.21 Å². The van der Waals surface area contributed by atoms with Gasteiger partial charge in [0.05, 0.1) is 0 Å². The molecule has 0 saturated carbocycles. The Labute approximate surface area is 43.1 Å². The van der Waals surface area contributed by atoms with E-state index in [0.717, 1.165) is 13.1 Å². The zero-order valence-electron chi connectivity index (χ0n) is 4.52. The molecule has 0 spiro atoms. The first-order valence-corrected chi connectivity index (χ1v) is 2.50. The molecule has 2 N–H and O–H groups in total. The molecular weight excluding hydrogens is 92.1 g/mol. The number of nitrogens with zero attached hydrogens (tertiary/aromatic N) is 1. The summed E-state index contributed by atoms with van der Waals surface area (Å²) in [5, 5.41) is 11.9. The van der Waals surface area contributed by atoms with Gasteiger partial charge in [-0.2, -0.15) is 4.65 Å². The lowest BCUT2D eigenvalue weighted by molar-refractivity contribution is -1.00. The summed E-state index contributed by atoms with van der Waals surface area (Å²) in [5.41, 5.74) is 0. The highest BCUT2D eigenvalue weighted by Crippen LogP contribution is 2.12. The van der Waals surface area contributed by atoms with E-state index in [1.54, 1.807) is 0 Å². The van der Waals surface area contributed by atoms with Crippen LogP contribution in [0.5, 0.6) is 0 Å². The van der Waals surface area contributed by atoms with Gasteiger partial charge in [-0.3, -0.25) is 5.32 Å². The lowest BCUT2D eigenvalue weighted by Gasteiger charge is -2.04. The number of hydroxylamine groups is 3. The maximum atomic E-state index is 9.00. The quantitative estimate of drug-likeness (QED) is 0.361. The minimum absolute atomic E-state index is 0.233. The van der Waals surface area contributed by atoms with Gasteiger partial charge in [-0.15, -0.1) is 0 Å². The summed E-state index contributed by atoms with van der Waals surface area (Å²) < 4.78 is 0.233. The molecule has 1 rings (SSSR count). The Morgan fingerprint density at radius 2 is 2.29 bits per heavy atom. The second kappa shape index (κ2) is 1.43. The van der Waals surface area contributed by atoms with Crippen LogP contribution in [0.1, 0.15) is 0 Å². The fraction of sp³-hybridized carbons (Fsp3) is 1.00. The highest BCUT2D eigenvalue weighted by atomic mass is 16.6. The molecule has 0 amide bonds. The van der Waals surface area contributed by atoms with Crippen LogP contribution in [0, 0.1) is 0 Å². The number of rotatable bonds is 2. The number of hydrogen-bond acceptors (Lipinski definition) is 2. The predicted octanol–water partition coefficient (Wildman–Crippen LogP) is -0.617. The molecule has 1 heterocycles. The monoisotopic (exact) mass is 103 g/mol.